The van der Waals surface area contributed by atoms with Crippen molar-refractivity contribution in [2.75, 3.05) is 12.1 Å². The van der Waals surface area contributed by atoms with Crippen LogP contribution in [0, 0.1) is 12.8 Å². The molecule has 1 N–H and O–H groups in total. The lowest BCUT2D eigenvalue weighted by Crippen LogP contribution is -2.60. The quantitative estimate of drug-likeness (QED) is 0.588. The number of hydrogen-bond donors (Lipinski definition) is 1. The van der Waals surface area contributed by atoms with Crippen molar-refractivity contribution in [3.63, 3.8) is 0 Å². The van der Waals surface area contributed by atoms with Gasteiger partial charge >= 0.3 is 6.18 Å². The lowest BCUT2D eigenvalue weighted by Gasteiger charge is -2.38. The van der Waals surface area contributed by atoms with Crippen molar-refractivity contribution >= 4 is 22.2 Å². The predicted molar refractivity (Wildman–Crippen MR) is 117 cm³/mol. The van der Waals surface area contributed by atoms with Crippen LogP contribution in [0.15, 0.2) is 52.9 Å². The van der Waals surface area contributed by atoms with Crippen LogP contribution in [0.2, 0.25) is 0 Å². The van der Waals surface area contributed by atoms with Crippen molar-refractivity contribution < 1.29 is 23.0 Å². The number of fused-ring (bicyclic) bond motifs is 3. The summed E-state index contributed by atoms with van der Waals surface area (Å²) in [5.41, 5.74) is 0.905. The van der Waals surface area contributed by atoms with Crippen molar-refractivity contribution in [3.8, 4) is 17.0 Å². The van der Waals surface area contributed by atoms with E-state index in [4.69, 9.17) is 4.74 Å². The molecule has 5 rings (SSSR count). The molecule has 32 heavy (non-hydrogen) atoms. The second kappa shape index (κ2) is 7.31. The van der Waals surface area contributed by atoms with Crippen molar-refractivity contribution in [1.82, 2.24) is 4.98 Å². The standard InChI is InChI=1S/C23H20F3N3O2S/c1-13-3-5-14(6-4-13)19-12-32-21(27-19)29-22(30,23(24,25)26)18-10-7-15-11-16(31-2)8-9-17(15)20(18)28-29/h3-6,8-9,11-12,18,30H,7,10H2,1-2H3/t18-,22-/m0/s1. The third-order valence-corrected chi connectivity index (χ3v) is 6.89. The molecule has 166 valence electrons. The first-order valence-corrected chi connectivity index (χ1v) is 11.0. The minimum atomic E-state index is -4.93. The van der Waals surface area contributed by atoms with Crippen LogP contribution in [0.3, 0.4) is 0 Å². The fraction of sp³-hybridized carbons (Fsp3) is 0.304. The maximum absolute atomic E-state index is 14.3. The average Bonchev–Trinajstić information content (AvgIpc) is 3.37. The molecular formula is C23H20F3N3O2S. The molecule has 2 heterocycles. The Balaban J connectivity index is 1.60. The first-order valence-electron chi connectivity index (χ1n) is 10.1. The number of aliphatic hydroxyl groups is 1. The van der Waals surface area contributed by atoms with Crippen molar-refractivity contribution in [3.05, 3.63) is 64.5 Å². The Bertz CT molecular complexity index is 1210. The van der Waals surface area contributed by atoms with Crippen LogP contribution in [-0.2, 0) is 6.42 Å². The highest BCUT2D eigenvalue weighted by molar-refractivity contribution is 7.14. The minimum Gasteiger partial charge on any atom is -0.497 e. The molecule has 0 saturated heterocycles. The molecule has 0 radical (unpaired) electrons. The van der Waals surface area contributed by atoms with E-state index in [9.17, 15) is 18.3 Å². The third-order valence-electron chi connectivity index (χ3n) is 6.08. The summed E-state index contributed by atoms with van der Waals surface area (Å²) < 4.78 is 48.2. The van der Waals surface area contributed by atoms with Crippen LogP contribution in [0.4, 0.5) is 18.3 Å². The highest BCUT2D eigenvalue weighted by Gasteiger charge is 2.68. The van der Waals surface area contributed by atoms with Gasteiger partial charge in [-0.1, -0.05) is 29.8 Å². The van der Waals surface area contributed by atoms with E-state index in [2.05, 4.69) is 10.1 Å². The maximum Gasteiger partial charge on any atom is 0.439 e. The van der Waals surface area contributed by atoms with Gasteiger partial charge in [-0.05, 0) is 43.5 Å². The molecule has 9 heteroatoms. The molecular weight excluding hydrogens is 439 g/mol. The van der Waals surface area contributed by atoms with Gasteiger partial charge < -0.3 is 9.84 Å². The molecule has 2 atom stereocenters. The SMILES string of the molecule is COc1ccc2c(c1)CC[C@H]1C2=NN(c2nc(-c3ccc(C)cc3)cs2)[C@@]1(O)C(F)(F)F. The number of benzene rings is 2. The number of aromatic nitrogens is 1. The van der Waals surface area contributed by atoms with Crippen LogP contribution in [0.1, 0.15) is 23.1 Å². The number of nitrogens with zero attached hydrogens (tertiary/aromatic N) is 3. The van der Waals surface area contributed by atoms with Crippen LogP contribution >= 0.6 is 11.3 Å². The van der Waals surface area contributed by atoms with E-state index in [1.807, 2.05) is 37.3 Å². The number of hydrogen-bond acceptors (Lipinski definition) is 6. The van der Waals surface area contributed by atoms with Crippen LogP contribution in [-0.4, -0.2) is 34.8 Å². The molecule has 0 amide bonds. The Morgan fingerprint density at radius 3 is 2.62 bits per heavy atom. The lowest BCUT2D eigenvalue weighted by molar-refractivity contribution is -0.268. The molecule has 5 nitrogen and oxygen atoms in total. The molecule has 1 aliphatic carbocycles. The van der Waals surface area contributed by atoms with E-state index in [0.717, 1.165) is 28.0 Å². The van der Waals surface area contributed by atoms with Gasteiger partial charge in [0.05, 0.1) is 24.4 Å². The first kappa shape index (κ1) is 21.0. The van der Waals surface area contributed by atoms with E-state index in [0.29, 0.717) is 28.4 Å². The number of hydrazone groups is 1. The number of methoxy groups -OCH3 is 1. The molecule has 0 spiro atoms. The fourth-order valence-electron chi connectivity index (χ4n) is 4.35. The normalized spacial score (nSPS) is 22.4. The van der Waals surface area contributed by atoms with Gasteiger partial charge in [-0.25, -0.2) is 4.98 Å². The van der Waals surface area contributed by atoms with Gasteiger partial charge in [-0.15, -0.1) is 11.3 Å². The third kappa shape index (κ3) is 3.10. The monoisotopic (exact) mass is 459 g/mol. The maximum atomic E-state index is 14.3. The molecule has 0 saturated carbocycles. The number of rotatable bonds is 3. The predicted octanol–water partition coefficient (Wildman–Crippen LogP) is 5.16. The molecule has 1 aromatic heterocycles. The molecule has 0 bridgehead atoms. The lowest BCUT2D eigenvalue weighted by atomic mass is 9.77. The highest BCUT2D eigenvalue weighted by atomic mass is 32.1. The van der Waals surface area contributed by atoms with E-state index < -0.39 is 17.8 Å². The zero-order valence-corrected chi connectivity index (χ0v) is 18.2. The number of halogens is 3. The topological polar surface area (TPSA) is 58.0 Å². The average molecular weight is 459 g/mol. The Morgan fingerprint density at radius 1 is 1.19 bits per heavy atom. The Kier molecular flexibility index (Phi) is 4.79. The van der Waals surface area contributed by atoms with Gasteiger partial charge in [-0.3, -0.25) is 0 Å². The summed E-state index contributed by atoms with van der Waals surface area (Å²) in [6, 6.07) is 12.8. The zero-order valence-electron chi connectivity index (χ0n) is 17.3. The van der Waals surface area contributed by atoms with E-state index in [1.54, 1.807) is 24.6 Å². The Morgan fingerprint density at radius 2 is 1.94 bits per heavy atom. The second-order valence-electron chi connectivity index (χ2n) is 8.02. The number of alkyl halides is 3. The van der Waals surface area contributed by atoms with Crippen molar-refractivity contribution in [2.24, 2.45) is 11.0 Å². The smallest absolute Gasteiger partial charge is 0.439 e. The number of thiazole rings is 1. The highest BCUT2D eigenvalue weighted by Crippen LogP contribution is 2.51. The molecule has 0 fully saturated rings. The number of aryl methyl sites for hydroxylation is 2. The molecule has 3 aromatic rings. The van der Waals surface area contributed by atoms with Crippen LogP contribution in [0.25, 0.3) is 11.3 Å². The van der Waals surface area contributed by atoms with Crippen molar-refractivity contribution in [1.29, 1.82) is 0 Å². The van der Waals surface area contributed by atoms with Crippen LogP contribution in [0.5, 0.6) is 5.75 Å². The summed E-state index contributed by atoms with van der Waals surface area (Å²) in [7, 11) is 1.54. The summed E-state index contributed by atoms with van der Waals surface area (Å²) in [6.45, 7) is 1.95. The van der Waals surface area contributed by atoms with E-state index in [-0.39, 0.29) is 17.3 Å². The number of ether oxygens (including phenoxy) is 1. The summed E-state index contributed by atoms with van der Waals surface area (Å²) >= 11 is 1.02. The molecule has 1 aliphatic heterocycles. The van der Waals surface area contributed by atoms with Gasteiger partial charge in [0.15, 0.2) is 0 Å². The Hall–Kier alpha value is -2.91. The van der Waals surface area contributed by atoms with Gasteiger partial charge in [-0.2, -0.15) is 23.3 Å². The molecule has 0 unspecified atom stereocenters. The van der Waals surface area contributed by atoms with Gasteiger partial charge in [0, 0.05) is 16.5 Å². The van der Waals surface area contributed by atoms with Crippen LogP contribution < -0.4 is 9.75 Å². The minimum absolute atomic E-state index is 0.00244. The molecule has 2 aromatic carbocycles. The number of anilines is 1. The molecule has 2 aliphatic rings. The summed E-state index contributed by atoms with van der Waals surface area (Å²) in [5, 5.41) is 17.7. The van der Waals surface area contributed by atoms with Gasteiger partial charge in [0.2, 0.25) is 5.13 Å². The van der Waals surface area contributed by atoms with E-state index in [1.165, 1.54) is 0 Å². The second-order valence-corrected chi connectivity index (χ2v) is 8.85. The van der Waals surface area contributed by atoms with Gasteiger partial charge in [0.25, 0.3) is 5.72 Å². The van der Waals surface area contributed by atoms with E-state index >= 15 is 0 Å². The summed E-state index contributed by atoms with van der Waals surface area (Å²) in [6.07, 6.45) is -4.43. The first-order chi connectivity index (χ1) is 15.2. The summed E-state index contributed by atoms with van der Waals surface area (Å²) in [4.78, 5) is 4.40. The van der Waals surface area contributed by atoms with Gasteiger partial charge in [0.1, 0.15) is 5.75 Å². The summed E-state index contributed by atoms with van der Waals surface area (Å²) in [5.74, 6) is -0.582. The largest absolute Gasteiger partial charge is 0.497 e. The van der Waals surface area contributed by atoms with Crippen molar-refractivity contribution in [2.45, 2.75) is 31.7 Å². The Labute approximate surface area is 186 Å². The fourth-order valence-corrected chi connectivity index (χ4v) is 5.19. The zero-order chi connectivity index (χ0) is 22.7.